The molecule has 2 N–H and O–H groups in total. The highest BCUT2D eigenvalue weighted by atomic mass is 16.3. The number of carbonyl (C=O) groups is 1. The second-order valence-corrected chi connectivity index (χ2v) is 5.82. The van der Waals surface area contributed by atoms with E-state index in [0.29, 0.717) is 18.0 Å². The summed E-state index contributed by atoms with van der Waals surface area (Å²) in [5.41, 5.74) is 1.70. The summed E-state index contributed by atoms with van der Waals surface area (Å²) in [6, 6.07) is 7.73. The second-order valence-electron chi connectivity index (χ2n) is 5.82. The molecule has 0 saturated carbocycles. The molecule has 0 unspecified atom stereocenters. The molecule has 0 aliphatic carbocycles. The minimum atomic E-state index is -0.201. The molecule has 112 valence electrons. The van der Waals surface area contributed by atoms with Crippen molar-refractivity contribution in [3.63, 3.8) is 0 Å². The Labute approximate surface area is 122 Å². The first-order valence-electron chi connectivity index (χ1n) is 7.47. The molecule has 0 aliphatic heterocycles. The number of aliphatic hydroxyl groups is 1. The van der Waals surface area contributed by atoms with E-state index < -0.39 is 0 Å². The highest BCUT2D eigenvalue weighted by molar-refractivity contribution is 5.94. The molecule has 1 aromatic rings. The normalized spacial score (nSPS) is 11.7. The number of aliphatic hydroxyl groups excluding tert-OH is 1. The lowest BCUT2D eigenvalue weighted by Crippen LogP contribution is -2.39. The first-order valence-corrected chi connectivity index (χ1v) is 7.47. The summed E-state index contributed by atoms with van der Waals surface area (Å²) in [7, 11) is 0. The van der Waals surface area contributed by atoms with E-state index in [4.69, 9.17) is 0 Å². The molecule has 1 rings (SSSR count). The summed E-state index contributed by atoms with van der Waals surface area (Å²) in [4.78, 5) is 12.1. The Hall–Kier alpha value is -1.35. The van der Waals surface area contributed by atoms with Gasteiger partial charge in [-0.3, -0.25) is 4.79 Å². The van der Waals surface area contributed by atoms with Crippen molar-refractivity contribution in [2.45, 2.75) is 46.5 Å². The molecular weight excluding hydrogens is 250 g/mol. The molecular formula is C17H27NO2. The molecule has 0 aromatic heterocycles. The van der Waals surface area contributed by atoms with Crippen molar-refractivity contribution >= 4 is 5.91 Å². The van der Waals surface area contributed by atoms with Gasteiger partial charge >= 0.3 is 0 Å². The smallest absolute Gasteiger partial charge is 0.251 e. The molecule has 0 radical (unpaired) electrons. The van der Waals surface area contributed by atoms with E-state index in [-0.39, 0.29) is 17.9 Å². The maximum absolute atomic E-state index is 12.1. The van der Waals surface area contributed by atoms with Crippen molar-refractivity contribution in [1.82, 2.24) is 5.32 Å². The third kappa shape index (κ3) is 4.07. The second kappa shape index (κ2) is 7.44. The summed E-state index contributed by atoms with van der Waals surface area (Å²) in [5, 5.41) is 12.4. The molecule has 3 heteroatoms. The zero-order chi connectivity index (χ0) is 15.2. The van der Waals surface area contributed by atoms with Crippen LogP contribution in [0.1, 0.15) is 62.4 Å². The Morgan fingerprint density at radius 2 is 1.75 bits per heavy atom. The van der Waals surface area contributed by atoms with Gasteiger partial charge in [-0.2, -0.15) is 0 Å². The maximum Gasteiger partial charge on any atom is 0.251 e. The van der Waals surface area contributed by atoms with Crippen LogP contribution in [0.4, 0.5) is 0 Å². The van der Waals surface area contributed by atoms with Gasteiger partial charge in [-0.1, -0.05) is 39.8 Å². The third-order valence-electron chi connectivity index (χ3n) is 4.30. The molecule has 1 aromatic carbocycles. The summed E-state index contributed by atoms with van der Waals surface area (Å²) in [6.45, 7) is 8.97. The van der Waals surface area contributed by atoms with E-state index in [2.05, 4.69) is 19.2 Å². The monoisotopic (exact) mass is 277 g/mol. The van der Waals surface area contributed by atoms with E-state index >= 15 is 0 Å². The van der Waals surface area contributed by atoms with Gasteiger partial charge in [0.2, 0.25) is 0 Å². The van der Waals surface area contributed by atoms with E-state index in [1.807, 2.05) is 38.1 Å². The fourth-order valence-corrected chi connectivity index (χ4v) is 2.17. The van der Waals surface area contributed by atoms with Crippen molar-refractivity contribution in [2.24, 2.45) is 5.41 Å². The Morgan fingerprint density at radius 1 is 1.20 bits per heavy atom. The van der Waals surface area contributed by atoms with Gasteiger partial charge in [-0.05, 0) is 36.5 Å². The Morgan fingerprint density at radius 3 is 2.15 bits per heavy atom. The minimum Gasteiger partial charge on any atom is -0.396 e. The fourth-order valence-electron chi connectivity index (χ4n) is 2.17. The fraction of sp³-hybridized carbons (Fsp3) is 0.588. The van der Waals surface area contributed by atoms with E-state index in [9.17, 15) is 9.90 Å². The van der Waals surface area contributed by atoms with Gasteiger partial charge in [0, 0.05) is 17.5 Å². The van der Waals surface area contributed by atoms with E-state index in [1.54, 1.807) is 0 Å². The van der Waals surface area contributed by atoms with Crippen LogP contribution in [-0.2, 0) is 0 Å². The first kappa shape index (κ1) is 16.7. The summed E-state index contributed by atoms with van der Waals surface area (Å²) < 4.78 is 0. The summed E-state index contributed by atoms with van der Waals surface area (Å²) >= 11 is 0. The lowest BCUT2D eigenvalue weighted by molar-refractivity contribution is 0.0851. The van der Waals surface area contributed by atoms with E-state index in [0.717, 1.165) is 12.8 Å². The predicted molar refractivity (Wildman–Crippen MR) is 83.0 cm³/mol. The van der Waals surface area contributed by atoms with Crippen LogP contribution in [-0.4, -0.2) is 24.2 Å². The lowest BCUT2D eigenvalue weighted by Gasteiger charge is -2.29. The van der Waals surface area contributed by atoms with Crippen molar-refractivity contribution in [3.05, 3.63) is 35.4 Å². The third-order valence-corrected chi connectivity index (χ3v) is 4.30. The number of hydrogen-bond donors (Lipinski definition) is 2. The van der Waals surface area contributed by atoms with Gasteiger partial charge in [-0.15, -0.1) is 0 Å². The topological polar surface area (TPSA) is 49.3 Å². The number of hydrogen-bond acceptors (Lipinski definition) is 2. The van der Waals surface area contributed by atoms with Crippen LogP contribution >= 0.6 is 0 Å². The number of rotatable bonds is 7. The van der Waals surface area contributed by atoms with Crippen molar-refractivity contribution in [3.8, 4) is 0 Å². The van der Waals surface area contributed by atoms with Gasteiger partial charge in [0.05, 0.1) is 6.61 Å². The highest BCUT2D eigenvalue weighted by Crippen LogP contribution is 2.24. The zero-order valence-electron chi connectivity index (χ0n) is 13.1. The van der Waals surface area contributed by atoms with Gasteiger partial charge in [0.15, 0.2) is 0 Å². The van der Waals surface area contributed by atoms with Gasteiger partial charge in [-0.25, -0.2) is 0 Å². The number of nitrogens with one attached hydrogen (secondary N) is 1. The van der Waals surface area contributed by atoms with Gasteiger partial charge in [0.1, 0.15) is 0 Å². The van der Waals surface area contributed by atoms with Gasteiger partial charge in [0.25, 0.3) is 5.91 Å². The molecule has 0 aliphatic rings. The molecule has 0 heterocycles. The number of carbonyl (C=O) groups excluding carboxylic acids is 1. The van der Waals surface area contributed by atoms with Crippen LogP contribution in [0.25, 0.3) is 0 Å². The predicted octanol–water partition coefficient (Wildman–Crippen LogP) is 3.34. The Kier molecular flexibility index (Phi) is 6.21. The minimum absolute atomic E-state index is 0.0694. The average Bonchev–Trinajstić information content (AvgIpc) is 2.49. The van der Waals surface area contributed by atoms with Crippen LogP contribution in [0.3, 0.4) is 0 Å². The van der Waals surface area contributed by atoms with Crippen molar-refractivity contribution in [2.75, 3.05) is 13.2 Å². The average molecular weight is 277 g/mol. The Bertz CT molecular complexity index is 411. The molecule has 0 spiro atoms. The van der Waals surface area contributed by atoms with Crippen LogP contribution in [0.15, 0.2) is 24.3 Å². The standard InChI is InChI=1S/C17H27NO2/c1-5-17(6-2,12-19)11-18-16(20)15-9-7-14(8-10-15)13(3)4/h7-10,13,19H,5-6,11-12H2,1-4H3,(H,18,20). The first-order chi connectivity index (χ1) is 9.48. The largest absolute Gasteiger partial charge is 0.396 e. The summed E-state index contributed by atoms with van der Waals surface area (Å²) in [5.74, 6) is 0.398. The zero-order valence-corrected chi connectivity index (χ0v) is 13.1. The molecule has 0 bridgehead atoms. The quantitative estimate of drug-likeness (QED) is 0.803. The van der Waals surface area contributed by atoms with Gasteiger partial charge < -0.3 is 10.4 Å². The molecule has 1 amide bonds. The van der Waals surface area contributed by atoms with Crippen LogP contribution in [0.5, 0.6) is 0 Å². The van der Waals surface area contributed by atoms with Crippen molar-refractivity contribution in [1.29, 1.82) is 0 Å². The van der Waals surface area contributed by atoms with Crippen LogP contribution in [0.2, 0.25) is 0 Å². The number of amides is 1. The van der Waals surface area contributed by atoms with Crippen LogP contribution in [0, 0.1) is 5.41 Å². The highest BCUT2D eigenvalue weighted by Gasteiger charge is 2.25. The van der Waals surface area contributed by atoms with E-state index in [1.165, 1.54) is 5.56 Å². The van der Waals surface area contributed by atoms with Crippen molar-refractivity contribution < 1.29 is 9.90 Å². The molecule has 0 atom stereocenters. The SMILES string of the molecule is CCC(CC)(CO)CNC(=O)c1ccc(C(C)C)cc1. The summed E-state index contributed by atoms with van der Waals surface area (Å²) in [6.07, 6.45) is 1.71. The molecule has 0 saturated heterocycles. The molecule has 20 heavy (non-hydrogen) atoms. The molecule has 3 nitrogen and oxygen atoms in total. The number of benzene rings is 1. The van der Waals surface area contributed by atoms with Crippen LogP contribution < -0.4 is 5.32 Å². The lowest BCUT2D eigenvalue weighted by atomic mass is 9.83. The molecule has 0 fully saturated rings. The maximum atomic E-state index is 12.1. The Balaban J connectivity index is 2.67.